The Bertz CT molecular complexity index is 1430. The first-order valence-electron chi connectivity index (χ1n) is 15.4. The molecule has 1 unspecified atom stereocenters. The van der Waals surface area contributed by atoms with E-state index in [1.54, 1.807) is 51.4 Å². The molecule has 0 spiro atoms. The Morgan fingerprint density at radius 3 is 2.43 bits per heavy atom. The average molecular weight is 602 g/mol. The fourth-order valence-corrected chi connectivity index (χ4v) is 6.02. The quantitative estimate of drug-likeness (QED) is 0.254. The highest BCUT2D eigenvalue weighted by Gasteiger charge is 2.34. The predicted molar refractivity (Wildman–Crippen MR) is 170 cm³/mol. The third kappa shape index (κ3) is 8.08. The molecule has 1 saturated heterocycles. The molecule has 2 aromatic carbocycles. The van der Waals surface area contributed by atoms with Gasteiger partial charge < -0.3 is 24.6 Å². The number of hydrogen-bond acceptors (Lipinski definition) is 7. The fourth-order valence-electron chi connectivity index (χ4n) is 6.02. The second-order valence-electron chi connectivity index (χ2n) is 12.6. The number of carboxylic acid groups (broad SMARTS) is 1. The van der Waals surface area contributed by atoms with Gasteiger partial charge in [-0.25, -0.2) is 4.98 Å². The summed E-state index contributed by atoms with van der Waals surface area (Å²) in [6.45, 7) is 5.52. The van der Waals surface area contributed by atoms with Crippen molar-refractivity contribution in [1.82, 2.24) is 4.98 Å². The Morgan fingerprint density at radius 2 is 1.80 bits per heavy atom. The van der Waals surface area contributed by atoms with Crippen molar-refractivity contribution in [3.63, 3.8) is 0 Å². The summed E-state index contributed by atoms with van der Waals surface area (Å²) in [6.07, 6.45) is 5.74. The van der Waals surface area contributed by atoms with Gasteiger partial charge in [-0.15, -0.1) is 0 Å². The third-order valence-electron chi connectivity index (χ3n) is 8.46. The van der Waals surface area contributed by atoms with Crippen LogP contribution in [0.3, 0.4) is 0 Å². The van der Waals surface area contributed by atoms with Gasteiger partial charge in [0.2, 0.25) is 0 Å². The van der Waals surface area contributed by atoms with E-state index in [9.17, 15) is 19.8 Å². The number of rotatable bonds is 13. The molecule has 9 heteroatoms. The molecule has 1 amide bonds. The number of aromatic nitrogens is 1. The van der Waals surface area contributed by atoms with Crippen molar-refractivity contribution in [3.05, 3.63) is 78.0 Å². The van der Waals surface area contributed by atoms with Crippen LogP contribution in [0.5, 0.6) is 11.5 Å². The zero-order chi connectivity index (χ0) is 31.3. The van der Waals surface area contributed by atoms with Gasteiger partial charge in [-0.3, -0.25) is 14.5 Å². The lowest BCUT2D eigenvalue weighted by molar-refractivity contribution is -0.137. The Balaban J connectivity index is 1.26. The van der Waals surface area contributed by atoms with Crippen LogP contribution in [-0.2, 0) is 4.79 Å². The summed E-state index contributed by atoms with van der Waals surface area (Å²) < 4.78 is 11.8. The van der Waals surface area contributed by atoms with Gasteiger partial charge in [-0.2, -0.15) is 0 Å². The summed E-state index contributed by atoms with van der Waals surface area (Å²) in [5.74, 6) is 1.76. The van der Waals surface area contributed by atoms with Crippen LogP contribution in [0.4, 0.5) is 11.5 Å². The van der Waals surface area contributed by atoms with E-state index in [2.05, 4.69) is 9.88 Å². The van der Waals surface area contributed by atoms with Gasteiger partial charge in [0, 0.05) is 25.4 Å². The van der Waals surface area contributed by atoms with E-state index in [1.807, 2.05) is 36.4 Å². The molecule has 44 heavy (non-hydrogen) atoms. The van der Waals surface area contributed by atoms with Gasteiger partial charge in [0.1, 0.15) is 17.3 Å². The molecule has 2 fully saturated rings. The third-order valence-corrected chi connectivity index (χ3v) is 8.46. The van der Waals surface area contributed by atoms with Crippen LogP contribution >= 0.6 is 0 Å². The van der Waals surface area contributed by atoms with Crippen molar-refractivity contribution >= 4 is 23.4 Å². The first kappa shape index (κ1) is 31.3. The lowest BCUT2D eigenvalue weighted by Crippen LogP contribution is -2.44. The van der Waals surface area contributed by atoms with Crippen LogP contribution in [-0.4, -0.2) is 66.0 Å². The number of hydrogen-bond donors (Lipinski definition) is 2. The van der Waals surface area contributed by atoms with Crippen molar-refractivity contribution in [2.45, 2.75) is 57.5 Å². The van der Waals surface area contributed by atoms with Crippen LogP contribution in [0.25, 0.3) is 0 Å². The van der Waals surface area contributed by atoms with Crippen LogP contribution in [0.2, 0.25) is 0 Å². The molecule has 2 N–H and O–H groups in total. The second-order valence-corrected chi connectivity index (χ2v) is 12.6. The molecule has 1 atom stereocenters. The van der Waals surface area contributed by atoms with E-state index in [-0.39, 0.29) is 24.8 Å². The van der Waals surface area contributed by atoms with Crippen LogP contribution < -0.4 is 19.3 Å². The largest absolute Gasteiger partial charge is 0.497 e. The van der Waals surface area contributed by atoms with Gasteiger partial charge in [0.25, 0.3) is 5.91 Å². The molecule has 2 heterocycles. The molecule has 0 radical (unpaired) electrons. The number of pyridine rings is 1. The number of aliphatic hydroxyl groups is 1. The average Bonchev–Trinajstić information content (AvgIpc) is 3.87. The van der Waals surface area contributed by atoms with E-state index in [4.69, 9.17) is 9.47 Å². The molecular weight excluding hydrogens is 558 g/mol. The maximum Gasteiger partial charge on any atom is 0.303 e. The van der Waals surface area contributed by atoms with Crippen molar-refractivity contribution in [3.8, 4) is 11.5 Å². The minimum Gasteiger partial charge on any atom is -0.497 e. The number of amides is 1. The first-order valence-corrected chi connectivity index (χ1v) is 15.4. The highest BCUT2D eigenvalue weighted by Crippen LogP contribution is 2.45. The Labute approximate surface area is 259 Å². The van der Waals surface area contributed by atoms with Crippen molar-refractivity contribution in [2.24, 2.45) is 11.8 Å². The minimum absolute atomic E-state index is 0.0381. The SMILES string of the molecule is COc1ccc(C(=O)N(CC(C)(C)O)c2ccccn2)c(N2CCC(COc3cccc(C(CC(=O)O)C4CC4)c3)CC2)c1. The van der Waals surface area contributed by atoms with Gasteiger partial charge in [-0.05, 0) is 99.2 Å². The molecule has 9 nitrogen and oxygen atoms in total. The van der Waals surface area contributed by atoms with Crippen LogP contribution in [0, 0.1) is 11.8 Å². The highest BCUT2D eigenvalue weighted by atomic mass is 16.5. The lowest BCUT2D eigenvalue weighted by atomic mass is 9.91. The second kappa shape index (κ2) is 13.7. The van der Waals surface area contributed by atoms with Crippen molar-refractivity contribution < 1.29 is 29.3 Å². The molecule has 1 aliphatic carbocycles. The van der Waals surface area contributed by atoms with Crippen LogP contribution in [0.1, 0.15) is 67.8 Å². The van der Waals surface area contributed by atoms with Crippen LogP contribution in [0.15, 0.2) is 66.9 Å². The molecule has 234 valence electrons. The molecule has 2 aliphatic rings. The van der Waals surface area contributed by atoms with Crippen molar-refractivity contribution in [1.29, 1.82) is 0 Å². The topological polar surface area (TPSA) is 112 Å². The number of methoxy groups -OCH3 is 1. The number of piperidine rings is 1. The summed E-state index contributed by atoms with van der Waals surface area (Å²) in [5, 5.41) is 20.0. The van der Waals surface area contributed by atoms with E-state index in [1.165, 1.54) is 4.90 Å². The molecule has 1 aliphatic heterocycles. The van der Waals surface area contributed by atoms with E-state index in [0.29, 0.717) is 35.6 Å². The summed E-state index contributed by atoms with van der Waals surface area (Å²) in [7, 11) is 1.61. The molecule has 3 aromatic rings. The smallest absolute Gasteiger partial charge is 0.303 e. The monoisotopic (exact) mass is 601 g/mol. The van der Waals surface area contributed by atoms with E-state index >= 15 is 0 Å². The van der Waals surface area contributed by atoms with Gasteiger partial charge in [0.05, 0.1) is 43.5 Å². The molecule has 5 rings (SSSR count). The number of nitrogens with zero attached hydrogens (tertiary/aromatic N) is 3. The van der Waals surface area contributed by atoms with Gasteiger partial charge in [0.15, 0.2) is 0 Å². The molecular formula is C35H43N3O6. The fraction of sp³-hybridized carbons (Fsp3) is 0.457. The number of benzene rings is 2. The normalized spacial score (nSPS) is 16.3. The highest BCUT2D eigenvalue weighted by molar-refractivity contribution is 6.09. The standard InChI is InChI=1S/C35H43N3O6/c1-35(2,42)23-38(32-9-4-5-16-36-32)34(41)29-13-12-27(43-3)20-31(29)37-17-14-24(15-18-37)22-44-28-8-6-7-26(19-28)30(21-33(39)40)25-10-11-25/h4-9,12-13,16,19-20,24-25,30,42H,10-11,14-15,17-18,21-23H2,1-3H3,(H,39,40). The Hall–Kier alpha value is -4.11. The predicted octanol–water partition coefficient (Wildman–Crippen LogP) is 5.77. The summed E-state index contributed by atoms with van der Waals surface area (Å²) in [4.78, 5) is 33.6. The van der Waals surface area contributed by atoms with Crippen molar-refractivity contribution in [2.75, 3.05) is 43.2 Å². The Kier molecular flexibility index (Phi) is 9.74. The maximum atomic E-state index is 14.0. The lowest BCUT2D eigenvalue weighted by Gasteiger charge is -2.35. The molecule has 1 aromatic heterocycles. The Morgan fingerprint density at radius 1 is 1.02 bits per heavy atom. The summed E-state index contributed by atoms with van der Waals surface area (Å²) in [6, 6.07) is 18.8. The number of carbonyl (C=O) groups is 2. The molecule has 0 bridgehead atoms. The maximum absolute atomic E-state index is 14.0. The number of ether oxygens (including phenoxy) is 2. The van der Waals surface area contributed by atoms with E-state index < -0.39 is 11.6 Å². The van der Waals surface area contributed by atoms with Gasteiger partial charge in [-0.1, -0.05) is 18.2 Å². The number of carboxylic acids is 1. The first-order chi connectivity index (χ1) is 21.1. The van der Waals surface area contributed by atoms with Gasteiger partial charge >= 0.3 is 5.97 Å². The zero-order valence-corrected chi connectivity index (χ0v) is 25.8. The molecule has 1 saturated carbocycles. The summed E-state index contributed by atoms with van der Waals surface area (Å²) >= 11 is 0. The summed E-state index contributed by atoms with van der Waals surface area (Å²) in [5.41, 5.74) is 1.25. The number of carbonyl (C=O) groups excluding carboxylic acids is 1. The minimum atomic E-state index is -1.12. The number of anilines is 2. The van der Waals surface area contributed by atoms with E-state index in [0.717, 1.165) is 55.8 Å². The number of aliphatic carboxylic acids is 1. The zero-order valence-electron chi connectivity index (χ0n) is 25.8.